The Balaban J connectivity index is 2.16. The van der Waals surface area contributed by atoms with Crippen molar-refractivity contribution in [2.45, 2.75) is 19.9 Å². The van der Waals surface area contributed by atoms with E-state index in [1.165, 1.54) is 0 Å². The lowest BCUT2D eigenvalue weighted by Crippen LogP contribution is -2.02. The Bertz CT molecular complexity index is 629. The number of nitro groups is 1. The normalized spacial score (nSPS) is 10.3. The van der Waals surface area contributed by atoms with Crippen molar-refractivity contribution >= 4 is 23.0 Å². The molecule has 104 valence electrons. The van der Waals surface area contributed by atoms with E-state index >= 15 is 0 Å². The number of anilines is 1. The molecule has 0 bridgehead atoms. The van der Waals surface area contributed by atoms with E-state index in [-0.39, 0.29) is 10.6 Å². The van der Waals surface area contributed by atoms with E-state index in [4.69, 9.17) is 11.6 Å². The lowest BCUT2D eigenvalue weighted by Gasteiger charge is -2.09. The van der Waals surface area contributed by atoms with Crippen LogP contribution in [-0.4, -0.2) is 4.92 Å². The maximum absolute atomic E-state index is 11.0. The van der Waals surface area contributed by atoms with Gasteiger partial charge in [0.05, 0.1) is 4.92 Å². The third-order valence-electron chi connectivity index (χ3n) is 3.10. The summed E-state index contributed by atoms with van der Waals surface area (Å²) in [5.74, 6) is 0. The summed E-state index contributed by atoms with van der Waals surface area (Å²) in [6, 6.07) is 12.7. The van der Waals surface area contributed by atoms with E-state index in [0.29, 0.717) is 23.7 Å². The lowest BCUT2D eigenvalue weighted by atomic mass is 10.1. The third-order valence-corrected chi connectivity index (χ3v) is 3.47. The molecule has 5 heteroatoms. The second kappa shape index (κ2) is 6.39. The maximum Gasteiger partial charge on any atom is 0.274 e. The minimum Gasteiger partial charge on any atom is -0.381 e. The summed E-state index contributed by atoms with van der Waals surface area (Å²) in [7, 11) is 0. The van der Waals surface area contributed by atoms with Crippen LogP contribution in [0.3, 0.4) is 0 Å². The highest BCUT2D eigenvalue weighted by atomic mass is 35.5. The standard InChI is InChI=1S/C15H15ClN2O2/c1-2-11-7-8-13(9-15(11)18(19)20)17-10-12-5-3-4-6-14(12)16/h3-9,17H,2,10H2,1H3. The second-order valence-corrected chi connectivity index (χ2v) is 4.81. The summed E-state index contributed by atoms with van der Waals surface area (Å²) in [6.07, 6.45) is 0.640. The van der Waals surface area contributed by atoms with Gasteiger partial charge in [0, 0.05) is 28.9 Å². The Morgan fingerprint density at radius 3 is 2.60 bits per heavy atom. The molecule has 2 rings (SSSR count). The first-order valence-corrected chi connectivity index (χ1v) is 6.74. The molecule has 0 heterocycles. The molecule has 2 aromatic carbocycles. The molecule has 0 aliphatic rings. The van der Waals surface area contributed by atoms with Crippen LogP contribution in [0.15, 0.2) is 42.5 Å². The van der Waals surface area contributed by atoms with Crippen LogP contribution in [0.1, 0.15) is 18.1 Å². The molecule has 0 saturated carbocycles. The average molecular weight is 291 g/mol. The molecular weight excluding hydrogens is 276 g/mol. The first-order chi connectivity index (χ1) is 9.61. The van der Waals surface area contributed by atoms with E-state index in [2.05, 4.69) is 5.32 Å². The molecule has 0 aliphatic carbocycles. The fourth-order valence-electron chi connectivity index (χ4n) is 1.98. The molecule has 0 spiro atoms. The average Bonchev–Trinajstić information content (AvgIpc) is 2.46. The molecule has 20 heavy (non-hydrogen) atoms. The monoisotopic (exact) mass is 290 g/mol. The van der Waals surface area contributed by atoms with E-state index in [0.717, 1.165) is 11.1 Å². The molecule has 0 fully saturated rings. The summed E-state index contributed by atoms with van der Waals surface area (Å²) in [4.78, 5) is 10.7. The molecule has 4 nitrogen and oxygen atoms in total. The van der Waals surface area contributed by atoms with Crippen molar-refractivity contribution in [2.24, 2.45) is 0 Å². The van der Waals surface area contributed by atoms with Crippen molar-refractivity contribution in [1.29, 1.82) is 0 Å². The highest BCUT2D eigenvalue weighted by Gasteiger charge is 2.12. The van der Waals surface area contributed by atoms with E-state index in [9.17, 15) is 10.1 Å². The number of benzene rings is 2. The van der Waals surface area contributed by atoms with Crippen molar-refractivity contribution < 1.29 is 4.92 Å². The Morgan fingerprint density at radius 2 is 1.95 bits per heavy atom. The van der Waals surface area contributed by atoms with Gasteiger partial charge < -0.3 is 5.32 Å². The van der Waals surface area contributed by atoms with Gasteiger partial charge in [-0.05, 0) is 24.1 Å². The number of nitrogens with one attached hydrogen (secondary N) is 1. The smallest absolute Gasteiger partial charge is 0.274 e. The van der Waals surface area contributed by atoms with E-state index < -0.39 is 0 Å². The third kappa shape index (κ3) is 3.27. The zero-order valence-corrected chi connectivity index (χ0v) is 11.9. The quantitative estimate of drug-likeness (QED) is 0.655. The molecule has 0 amide bonds. The van der Waals surface area contributed by atoms with Gasteiger partial charge in [0.25, 0.3) is 5.69 Å². The molecule has 0 aromatic heterocycles. The van der Waals surface area contributed by atoms with Gasteiger partial charge in [0.15, 0.2) is 0 Å². The zero-order chi connectivity index (χ0) is 14.5. The predicted octanol–water partition coefficient (Wildman–Crippen LogP) is 4.42. The summed E-state index contributed by atoms with van der Waals surface area (Å²) >= 11 is 6.07. The Labute approximate surface area is 122 Å². The molecule has 1 N–H and O–H groups in total. The number of halogens is 1. The summed E-state index contributed by atoms with van der Waals surface area (Å²) < 4.78 is 0. The van der Waals surface area contributed by atoms with Crippen molar-refractivity contribution in [2.75, 3.05) is 5.32 Å². The van der Waals surface area contributed by atoms with Gasteiger partial charge in [0.2, 0.25) is 0 Å². The van der Waals surface area contributed by atoms with Gasteiger partial charge in [-0.2, -0.15) is 0 Å². The van der Waals surface area contributed by atoms with Crippen molar-refractivity contribution in [3.63, 3.8) is 0 Å². The molecule has 2 aromatic rings. The SMILES string of the molecule is CCc1ccc(NCc2ccccc2Cl)cc1[N+](=O)[O-]. The number of nitrogens with zero attached hydrogens (tertiary/aromatic N) is 1. The maximum atomic E-state index is 11.0. The van der Waals surface area contributed by atoms with Crippen LogP contribution in [0.25, 0.3) is 0 Å². The molecule has 0 saturated heterocycles. The fourth-order valence-corrected chi connectivity index (χ4v) is 2.18. The zero-order valence-electron chi connectivity index (χ0n) is 11.1. The first kappa shape index (κ1) is 14.3. The molecule has 0 radical (unpaired) electrons. The van der Waals surface area contributed by atoms with E-state index in [1.54, 1.807) is 12.1 Å². The van der Waals surface area contributed by atoms with Gasteiger partial charge in [0.1, 0.15) is 0 Å². The van der Waals surface area contributed by atoms with Crippen LogP contribution < -0.4 is 5.32 Å². The van der Waals surface area contributed by atoms with Crippen LogP contribution in [0.5, 0.6) is 0 Å². The summed E-state index contributed by atoms with van der Waals surface area (Å²) in [6.45, 7) is 2.43. The second-order valence-electron chi connectivity index (χ2n) is 4.40. The van der Waals surface area contributed by atoms with Crippen LogP contribution in [0.4, 0.5) is 11.4 Å². The minimum absolute atomic E-state index is 0.150. The van der Waals surface area contributed by atoms with Gasteiger partial charge in [-0.25, -0.2) is 0 Å². The Hall–Kier alpha value is -2.07. The van der Waals surface area contributed by atoms with Crippen LogP contribution >= 0.6 is 11.6 Å². The predicted molar refractivity (Wildman–Crippen MR) is 81.3 cm³/mol. The summed E-state index contributed by atoms with van der Waals surface area (Å²) in [5, 5.41) is 14.9. The molecule has 0 atom stereocenters. The minimum atomic E-state index is -0.348. The van der Waals surface area contributed by atoms with E-state index in [1.807, 2.05) is 37.3 Å². The highest BCUT2D eigenvalue weighted by Crippen LogP contribution is 2.24. The van der Waals surface area contributed by atoms with Gasteiger partial charge >= 0.3 is 0 Å². The van der Waals surface area contributed by atoms with Crippen molar-refractivity contribution in [3.8, 4) is 0 Å². The Kier molecular flexibility index (Phi) is 4.58. The number of rotatable bonds is 5. The van der Waals surface area contributed by atoms with Crippen LogP contribution in [0, 0.1) is 10.1 Å². The molecule has 0 aliphatic heterocycles. The van der Waals surface area contributed by atoms with Gasteiger partial charge in [-0.3, -0.25) is 10.1 Å². The largest absolute Gasteiger partial charge is 0.381 e. The van der Waals surface area contributed by atoms with Crippen molar-refractivity contribution in [3.05, 3.63) is 68.7 Å². The van der Waals surface area contributed by atoms with Crippen molar-refractivity contribution in [1.82, 2.24) is 0 Å². The Morgan fingerprint density at radius 1 is 1.20 bits per heavy atom. The van der Waals surface area contributed by atoms with Gasteiger partial charge in [-0.1, -0.05) is 42.8 Å². The lowest BCUT2D eigenvalue weighted by molar-refractivity contribution is -0.385. The summed E-state index contributed by atoms with van der Waals surface area (Å²) in [5.41, 5.74) is 2.56. The number of hydrogen-bond acceptors (Lipinski definition) is 3. The molecular formula is C15H15ClN2O2. The fraction of sp³-hybridized carbons (Fsp3) is 0.200. The van der Waals surface area contributed by atoms with Crippen LogP contribution in [-0.2, 0) is 13.0 Å². The van der Waals surface area contributed by atoms with Gasteiger partial charge in [-0.15, -0.1) is 0 Å². The highest BCUT2D eigenvalue weighted by molar-refractivity contribution is 6.31. The van der Waals surface area contributed by atoms with Crippen LogP contribution in [0.2, 0.25) is 5.02 Å². The number of aryl methyl sites for hydroxylation is 1. The number of nitro benzene ring substituents is 1. The first-order valence-electron chi connectivity index (χ1n) is 6.36. The molecule has 0 unspecified atom stereocenters. The number of hydrogen-bond donors (Lipinski definition) is 1. The topological polar surface area (TPSA) is 55.2 Å².